The maximum atomic E-state index is 12.9. The lowest BCUT2D eigenvalue weighted by molar-refractivity contribution is -0.160. The average molecular weight is 525 g/mol. The van der Waals surface area contributed by atoms with Gasteiger partial charge in [0.05, 0.1) is 18.5 Å². The van der Waals surface area contributed by atoms with Crippen LogP contribution in [-0.4, -0.2) is 66.7 Å². The second kappa shape index (κ2) is 13.0. The van der Waals surface area contributed by atoms with Crippen LogP contribution in [0, 0.1) is 5.41 Å². The molecule has 0 radical (unpaired) electrons. The standard InChI is InChI=1S/C25H32N4O4.2ClH/c1-3-32-23(30)25(18-33-22-7-6-19-8-12-28(2)17-20(19)15-22)9-13-29(14-10-25)24(31)27-21-5-4-11-26-16-21;;/h4-7,11,15-16H,3,8-10,12-14,17-18H2,1-2H3,(H,27,31);2*1H. The van der Waals surface area contributed by atoms with Crippen LogP contribution in [0.25, 0.3) is 0 Å². The molecule has 0 saturated carbocycles. The van der Waals surface area contributed by atoms with Crippen LogP contribution < -0.4 is 10.1 Å². The Labute approximate surface area is 219 Å². The number of halogens is 2. The summed E-state index contributed by atoms with van der Waals surface area (Å²) in [5.74, 6) is 0.513. The van der Waals surface area contributed by atoms with E-state index in [2.05, 4.69) is 34.4 Å². The van der Waals surface area contributed by atoms with Crippen LogP contribution in [0.15, 0.2) is 42.7 Å². The number of amides is 2. The molecule has 0 atom stereocenters. The number of pyridine rings is 1. The summed E-state index contributed by atoms with van der Waals surface area (Å²) in [6.07, 6.45) is 5.27. The minimum absolute atomic E-state index is 0. The fraction of sp³-hybridized carbons (Fsp3) is 0.480. The van der Waals surface area contributed by atoms with E-state index in [1.165, 1.54) is 11.1 Å². The van der Waals surface area contributed by atoms with Crippen LogP contribution in [0.2, 0.25) is 0 Å². The molecule has 2 aliphatic rings. The van der Waals surface area contributed by atoms with Crippen molar-refractivity contribution in [1.82, 2.24) is 14.8 Å². The molecule has 0 aliphatic carbocycles. The number of urea groups is 1. The second-order valence-corrected chi connectivity index (χ2v) is 8.87. The number of piperidine rings is 1. The van der Waals surface area contributed by atoms with Crippen LogP contribution in [-0.2, 0) is 22.5 Å². The lowest BCUT2D eigenvalue weighted by atomic mass is 9.79. The minimum atomic E-state index is -0.770. The third kappa shape index (κ3) is 6.99. The topological polar surface area (TPSA) is 84.0 Å². The van der Waals surface area contributed by atoms with Gasteiger partial charge in [0, 0.05) is 32.4 Å². The number of esters is 1. The summed E-state index contributed by atoms with van der Waals surface area (Å²) >= 11 is 0. The number of fused-ring (bicyclic) bond motifs is 1. The van der Waals surface area contributed by atoms with Crippen molar-refractivity contribution < 1.29 is 19.1 Å². The Kier molecular flexibility index (Phi) is 10.6. The number of hydrogen-bond acceptors (Lipinski definition) is 6. The molecule has 1 aromatic heterocycles. The van der Waals surface area contributed by atoms with Gasteiger partial charge in [-0.3, -0.25) is 9.78 Å². The summed E-state index contributed by atoms with van der Waals surface area (Å²) in [6.45, 7) is 5.21. The van der Waals surface area contributed by atoms with E-state index in [4.69, 9.17) is 9.47 Å². The van der Waals surface area contributed by atoms with Crippen molar-refractivity contribution in [3.63, 3.8) is 0 Å². The van der Waals surface area contributed by atoms with Crippen LogP contribution >= 0.6 is 24.8 Å². The first-order valence-corrected chi connectivity index (χ1v) is 11.6. The van der Waals surface area contributed by atoms with Gasteiger partial charge in [-0.15, -0.1) is 24.8 Å². The normalized spacial score (nSPS) is 16.7. The van der Waals surface area contributed by atoms with Gasteiger partial charge in [0.1, 0.15) is 17.8 Å². The number of nitrogens with zero attached hydrogens (tertiary/aromatic N) is 3. The number of rotatable bonds is 6. The first-order chi connectivity index (χ1) is 16.0. The lowest BCUT2D eigenvalue weighted by Crippen LogP contribution is -2.50. The number of nitrogens with one attached hydrogen (secondary N) is 1. The highest BCUT2D eigenvalue weighted by Gasteiger charge is 2.44. The zero-order chi connectivity index (χ0) is 23.3. The zero-order valence-corrected chi connectivity index (χ0v) is 21.8. The number of anilines is 1. The van der Waals surface area contributed by atoms with E-state index in [0.29, 0.717) is 38.2 Å². The highest BCUT2D eigenvalue weighted by atomic mass is 35.5. The Morgan fingerprint density at radius 2 is 1.89 bits per heavy atom. The molecular weight excluding hydrogens is 491 g/mol. The van der Waals surface area contributed by atoms with E-state index in [-0.39, 0.29) is 43.4 Å². The highest BCUT2D eigenvalue weighted by Crippen LogP contribution is 2.35. The van der Waals surface area contributed by atoms with Crippen molar-refractivity contribution in [2.75, 3.05) is 45.2 Å². The lowest BCUT2D eigenvalue weighted by Gasteiger charge is -2.39. The van der Waals surface area contributed by atoms with Gasteiger partial charge >= 0.3 is 12.0 Å². The molecular formula is C25H34Cl2N4O4. The number of ether oxygens (including phenoxy) is 2. The van der Waals surface area contributed by atoms with Crippen molar-refractivity contribution in [3.05, 3.63) is 53.9 Å². The van der Waals surface area contributed by atoms with E-state index in [1.807, 2.05) is 13.0 Å². The van der Waals surface area contributed by atoms with Crippen LogP contribution in [0.3, 0.4) is 0 Å². The summed E-state index contributed by atoms with van der Waals surface area (Å²) in [5.41, 5.74) is 2.50. The number of likely N-dealkylation sites (tertiary alicyclic amines) is 1. The van der Waals surface area contributed by atoms with Gasteiger partial charge in [-0.2, -0.15) is 0 Å². The minimum Gasteiger partial charge on any atom is -0.492 e. The largest absolute Gasteiger partial charge is 0.492 e. The van der Waals surface area contributed by atoms with Gasteiger partial charge in [-0.25, -0.2) is 4.79 Å². The number of hydrogen-bond donors (Lipinski definition) is 1. The molecule has 35 heavy (non-hydrogen) atoms. The molecule has 0 unspecified atom stereocenters. The van der Waals surface area contributed by atoms with Crippen LogP contribution in [0.5, 0.6) is 5.75 Å². The van der Waals surface area contributed by atoms with E-state index < -0.39 is 5.41 Å². The molecule has 1 aromatic carbocycles. The van der Waals surface area contributed by atoms with E-state index in [9.17, 15) is 9.59 Å². The number of benzene rings is 1. The molecule has 0 spiro atoms. The Bertz CT molecular complexity index is 985. The predicted octanol–water partition coefficient (Wildman–Crippen LogP) is 4.17. The zero-order valence-electron chi connectivity index (χ0n) is 20.2. The molecule has 2 aromatic rings. The Hall–Kier alpha value is -2.55. The molecule has 8 nitrogen and oxygen atoms in total. The molecule has 1 fully saturated rings. The van der Waals surface area contributed by atoms with Gasteiger partial charge in [0.2, 0.25) is 0 Å². The number of carbonyl (C=O) groups excluding carboxylic acids is 2. The third-order valence-electron chi connectivity index (χ3n) is 6.52. The van der Waals surface area contributed by atoms with E-state index >= 15 is 0 Å². The number of aromatic nitrogens is 1. The molecule has 2 aliphatic heterocycles. The molecule has 0 bridgehead atoms. The fourth-order valence-electron chi connectivity index (χ4n) is 4.45. The predicted molar refractivity (Wildman–Crippen MR) is 140 cm³/mol. The molecule has 1 saturated heterocycles. The number of likely N-dealkylation sites (N-methyl/N-ethyl adjacent to an activating group) is 1. The van der Waals surface area contributed by atoms with Gasteiger partial charge in [-0.1, -0.05) is 6.07 Å². The van der Waals surface area contributed by atoms with E-state index in [0.717, 1.165) is 25.3 Å². The Balaban J connectivity index is 0.00000216. The summed E-state index contributed by atoms with van der Waals surface area (Å²) in [6, 6.07) is 9.57. The van der Waals surface area contributed by atoms with Gasteiger partial charge in [-0.05, 0) is 68.6 Å². The molecule has 3 heterocycles. The van der Waals surface area contributed by atoms with Crippen LogP contribution in [0.4, 0.5) is 10.5 Å². The van der Waals surface area contributed by atoms with Gasteiger partial charge < -0.3 is 24.6 Å². The first-order valence-electron chi connectivity index (χ1n) is 11.6. The highest BCUT2D eigenvalue weighted by molar-refractivity contribution is 5.89. The summed E-state index contributed by atoms with van der Waals surface area (Å²) in [4.78, 5) is 33.6. The Morgan fingerprint density at radius 3 is 2.57 bits per heavy atom. The fourth-order valence-corrected chi connectivity index (χ4v) is 4.45. The van der Waals surface area contributed by atoms with E-state index in [1.54, 1.807) is 29.4 Å². The molecule has 192 valence electrons. The molecule has 4 rings (SSSR count). The van der Waals surface area contributed by atoms with Gasteiger partial charge in [0.25, 0.3) is 0 Å². The average Bonchev–Trinajstić information content (AvgIpc) is 2.83. The first kappa shape index (κ1) is 28.7. The maximum absolute atomic E-state index is 12.9. The third-order valence-corrected chi connectivity index (χ3v) is 6.52. The second-order valence-electron chi connectivity index (χ2n) is 8.87. The van der Waals surface area contributed by atoms with Crippen molar-refractivity contribution in [2.24, 2.45) is 5.41 Å². The quantitative estimate of drug-likeness (QED) is 0.571. The molecule has 1 N–H and O–H groups in total. The Morgan fingerprint density at radius 1 is 1.11 bits per heavy atom. The van der Waals surface area contributed by atoms with Crippen LogP contribution in [0.1, 0.15) is 30.9 Å². The SMILES string of the molecule is CCOC(=O)C1(COc2ccc3c(c2)CN(C)CC3)CCN(C(=O)Nc2cccnc2)CC1.Cl.Cl. The van der Waals surface area contributed by atoms with Crippen molar-refractivity contribution in [1.29, 1.82) is 0 Å². The van der Waals surface area contributed by atoms with Gasteiger partial charge in [0.15, 0.2) is 0 Å². The van der Waals surface area contributed by atoms with Crippen molar-refractivity contribution >= 4 is 42.5 Å². The van der Waals surface area contributed by atoms with Crippen molar-refractivity contribution in [3.8, 4) is 5.75 Å². The molecule has 10 heteroatoms. The summed E-state index contributed by atoms with van der Waals surface area (Å²) in [5, 5.41) is 2.86. The van der Waals surface area contributed by atoms with Crippen molar-refractivity contribution in [2.45, 2.75) is 32.7 Å². The number of carbonyl (C=O) groups is 2. The maximum Gasteiger partial charge on any atom is 0.321 e. The smallest absolute Gasteiger partial charge is 0.321 e. The summed E-state index contributed by atoms with van der Waals surface area (Å²) < 4.78 is 11.6. The summed E-state index contributed by atoms with van der Waals surface area (Å²) in [7, 11) is 2.12. The molecule has 2 amide bonds. The monoisotopic (exact) mass is 524 g/mol.